The minimum Gasteiger partial charge on any atom is -0.229 e. The summed E-state index contributed by atoms with van der Waals surface area (Å²) in [7, 11) is -7.05. The zero-order chi connectivity index (χ0) is 14.3. The molecule has 106 valence electrons. The fraction of sp³-hybridized carbons (Fsp3) is 0.455. The predicted octanol–water partition coefficient (Wildman–Crippen LogP) is 0.681. The predicted molar refractivity (Wildman–Crippen MR) is 68.4 cm³/mol. The maximum Gasteiger partial charge on any atom is 0.241 e. The van der Waals surface area contributed by atoms with Crippen molar-refractivity contribution < 1.29 is 21.2 Å². The summed E-state index contributed by atoms with van der Waals surface area (Å²) in [5.41, 5.74) is -1.01. The van der Waals surface area contributed by atoms with Crippen LogP contribution in [0.25, 0.3) is 0 Å². The van der Waals surface area contributed by atoms with E-state index in [0.29, 0.717) is 0 Å². The molecule has 0 aromatic heterocycles. The lowest BCUT2D eigenvalue weighted by atomic mass is 10.0. The fourth-order valence-electron chi connectivity index (χ4n) is 2.09. The Morgan fingerprint density at radius 3 is 2.32 bits per heavy atom. The monoisotopic (exact) mass is 307 g/mol. The summed E-state index contributed by atoms with van der Waals surface area (Å²) in [6.07, 6.45) is 0.232. The Morgan fingerprint density at radius 2 is 1.84 bits per heavy atom. The molecule has 0 bridgehead atoms. The third kappa shape index (κ3) is 3.31. The third-order valence-electron chi connectivity index (χ3n) is 3.01. The van der Waals surface area contributed by atoms with Crippen LogP contribution in [0, 0.1) is 5.82 Å². The molecule has 0 spiro atoms. The SMILES string of the molecule is C[C@@]1(NS(=O)(=O)c2ccc(F)cc2)CCS(=O)(=O)C1. The highest BCUT2D eigenvalue weighted by Gasteiger charge is 2.41. The molecule has 0 saturated carbocycles. The highest BCUT2D eigenvalue weighted by molar-refractivity contribution is 7.92. The Bertz CT molecular complexity index is 682. The van der Waals surface area contributed by atoms with Gasteiger partial charge in [-0.15, -0.1) is 0 Å². The average molecular weight is 307 g/mol. The maximum atomic E-state index is 12.8. The van der Waals surface area contributed by atoms with Crippen LogP contribution in [0.1, 0.15) is 13.3 Å². The number of rotatable bonds is 3. The first kappa shape index (κ1) is 14.4. The summed E-state index contributed by atoms with van der Waals surface area (Å²) in [5.74, 6) is -0.788. The molecule has 1 heterocycles. The topological polar surface area (TPSA) is 80.3 Å². The van der Waals surface area contributed by atoms with E-state index < -0.39 is 31.2 Å². The van der Waals surface area contributed by atoms with Gasteiger partial charge >= 0.3 is 0 Å². The Labute approximate surface area is 111 Å². The van der Waals surface area contributed by atoms with Crippen LogP contribution in [0.15, 0.2) is 29.2 Å². The van der Waals surface area contributed by atoms with Crippen molar-refractivity contribution in [3.05, 3.63) is 30.1 Å². The first-order valence-electron chi connectivity index (χ1n) is 5.62. The number of sulfonamides is 1. The third-order valence-corrected chi connectivity index (χ3v) is 6.57. The molecule has 1 atom stereocenters. The number of benzene rings is 1. The van der Waals surface area contributed by atoms with Gasteiger partial charge in [-0.25, -0.2) is 25.9 Å². The summed E-state index contributed by atoms with van der Waals surface area (Å²) in [5, 5.41) is 0. The molecule has 1 N–H and O–H groups in total. The largest absolute Gasteiger partial charge is 0.241 e. The molecule has 8 heteroatoms. The highest BCUT2D eigenvalue weighted by atomic mass is 32.2. The van der Waals surface area contributed by atoms with Gasteiger partial charge in [-0.3, -0.25) is 0 Å². The van der Waals surface area contributed by atoms with Crippen LogP contribution >= 0.6 is 0 Å². The summed E-state index contributed by atoms with van der Waals surface area (Å²) < 4.78 is 62.2. The van der Waals surface area contributed by atoms with Crippen LogP contribution in [0.4, 0.5) is 4.39 Å². The van der Waals surface area contributed by atoms with Crippen molar-refractivity contribution in [3.63, 3.8) is 0 Å². The van der Waals surface area contributed by atoms with Crippen LogP contribution in [0.3, 0.4) is 0 Å². The summed E-state index contributed by atoms with van der Waals surface area (Å²) in [6.45, 7) is 1.55. The number of hydrogen-bond donors (Lipinski definition) is 1. The minimum atomic E-state index is -3.85. The van der Waals surface area contributed by atoms with Crippen molar-refractivity contribution in [1.29, 1.82) is 0 Å². The van der Waals surface area contributed by atoms with Crippen LogP contribution in [-0.2, 0) is 19.9 Å². The molecule has 1 aromatic carbocycles. The van der Waals surface area contributed by atoms with E-state index in [0.717, 1.165) is 24.3 Å². The van der Waals surface area contributed by atoms with Gasteiger partial charge in [0.15, 0.2) is 9.84 Å². The number of nitrogens with one attached hydrogen (secondary N) is 1. The molecule has 1 aliphatic rings. The van der Waals surface area contributed by atoms with Crippen molar-refractivity contribution in [2.24, 2.45) is 0 Å². The van der Waals surface area contributed by atoms with E-state index in [1.54, 1.807) is 6.92 Å². The molecule has 0 aliphatic carbocycles. The quantitative estimate of drug-likeness (QED) is 0.890. The van der Waals surface area contributed by atoms with E-state index in [-0.39, 0.29) is 22.8 Å². The molecule has 1 aliphatic heterocycles. The molecule has 19 heavy (non-hydrogen) atoms. The number of halogens is 1. The van der Waals surface area contributed by atoms with Crippen molar-refractivity contribution >= 4 is 19.9 Å². The van der Waals surface area contributed by atoms with Crippen LogP contribution in [0.5, 0.6) is 0 Å². The van der Waals surface area contributed by atoms with Gasteiger partial charge in [0.05, 0.1) is 16.4 Å². The van der Waals surface area contributed by atoms with Gasteiger partial charge in [0.2, 0.25) is 10.0 Å². The van der Waals surface area contributed by atoms with Crippen LogP contribution < -0.4 is 4.72 Å². The highest BCUT2D eigenvalue weighted by Crippen LogP contribution is 2.25. The van der Waals surface area contributed by atoms with Gasteiger partial charge in [0.25, 0.3) is 0 Å². The van der Waals surface area contributed by atoms with E-state index >= 15 is 0 Å². The van der Waals surface area contributed by atoms with Crippen molar-refractivity contribution in [1.82, 2.24) is 4.72 Å². The number of hydrogen-bond acceptors (Lipinski definition) is 4. The zero-order valence-electron chi connectivity index (χ0n) is 10.3. The molecule has 2 rings (SSSR count). The lowest BCUT2D eigenvalue weighted by Crippen LogP contribution is -2.46. The summed E-state index contributed by atoms with van der Waals surface area (Å²) in [6, 6.07) is 4.37. The first-order valence-corrected chi connectivity index (χ1v) is 8.92. The minimum absolute atomic E-state index is 0.0323. The van der Waals surface area contributed by atoms with Crippen LogP contribution in [0.2, 0.25) is 0 Å². The normalized spacial score (nSPS) is 26.4. The van der Waals surface area contributed by atoms with Gasteiger partial charge in [0.1, 0.15) is 5.82 Å². The van der Waals surface area contributed by atoms with Crippen LogP contribution in [-0.4, -0.2) is 33.9 Å². The van der Waals surface area contributed by atoms with E-state index in [4.69, 9.17) is 0 Å². The number of sulfone groups is 1. The molecule has 0 amide bonds. The van der Waals surface area contributed by atoms with Crippen molar-refractivity contribution in [3.8, 4) is 0 Å². The van der Waals surface area contributed by atoms with Gasteiger partial charge < -0.3 is 0 Å². The standard InChI is InChI=1S/C11H14FNO4S2/c1-11(6-7-18(14,15)8-11)13-19(16,17)10-4-2-9(12)3-5-10/h2-5,13H,6-8H2,1H3/t11-/m1/s1. The molecule has 1 fully saturated rings. The first-order chi connectivity index (χ1) is 8.62. The Kier molecular flexibility index (Phi) is 3.44. The van der Waals surface area contributed by atoms with E-state index in [1.165, 1.54) is 0 Å². The fourth-order valence-corrected chi connectivity index (χ4v) is 5.71. The molecule has 5 nitrogen and oxygen atoms in total. The van der Waals surface area contributed by atoms with Gasteiger partial charge in [0, 0.05) is 5.54 Å². The van der Waals surface area contributed by atoms with E-state index in [9.17, 15) is 21.2 Å². The molecular weight excluding hydrogens is 293 g/mol. The second-order valence-corrected chi connectivity index (χ2v) is 8.83. The molecule has 1 aromatic rings. The smallest absolute Gasteiger partial charge is 0.229 e. The average Bonchev–Trinajstić information content (AvgIpc) is 2.52. The Balaban J connectivity index is 2.25. The van der Waals surface area contributed by atoms with Crippen molar-refractivity contribution in [2.45, 2.75) is 23.8 Å². The van der Waals surface area contributed by atoms with Crippen molar-refractivity contribution in [2.75, 3.05) is 11.5 Å². The van der Waals surface area contributed by atoms with E-state index in [1.807, 2.05) is 0 Å². The van der Waals surface area contributed by atoms with Gasteiger partial charge in [-0.1, -0.05) is 0 Å². The lowest BCUT2D eigenvalue weighted by Gasteiger charge is -2.23. The molecule has 0 unspecified atom stereocenters. The summed E-state index contributed by atoms with van der Waals surface area (Å²) >= 11 is 0. The zero-order valence-corrected chi connectivity index (χ0v) is 11.9. The Hall–Kier alpha value is -0.990. The molecule has 0 radical (unpaired) electrons. The molecule has 1 saturated heterocycles. The maximum absolute atomic E-state index is 12.8. The van der Waals surface area contributed by atoms with Gasteiger partial charge in [-0.05, 0) is 37.6 Å². The van der Waals surface area contributed by atoms with Gasteiger partial charge in [-0.2, -0.15) is 0 Å². The van der Waals surface area contributed by atoms with E-state index in [2.05, 4.69) is 4.72 Å². The second-order valence-electron chi connectivity index (χ2n) is 4.96. The second kappa shape index (κ2) is 4.53. The molecular formula is C11H14FNO4S2. The lowest BCUT2D eigenvalue weighted by molar-refractivity contribution is 0.461. The Morgan fingerprint density at radius 1 is 1.26 bits per heavy atom. The summed E-state index contributed by atoms with van der Waals surface area (Å²) in [4.78, 5) is -0.0839.